The number of nitrogens with zero attached hydrogens (tertiary/aromatic N) is 3. The highest BCUT2D eigenvalue weighted by Gasteiger charge is 2.21. The fraction of sp³-hybridized carbons (Fsp3) is 0.524. The third kappa shape index (κ3) is 3.83. The van der Waals surface area contributed by atoms with Gasteiger partial charge < -0.3 is 5.32 Å². The number of benzene rings is 1. The van der Waals surface area contributed by atoms with Gasteiger partial charge in [0.15, 0.2) is 0 Å². The quantitative estimate of drug-likeness (QED) is 0.859. The lowest BCUT2D eigenvalue weighted by Gasteiger charge is -2.21. The third-order valence-electron chi connectivity index (χ3n) is 5.41. The average Bonchev–Trinajstić information content (AvgIpc) is 3.18. The van der Waals surface area contributed by atoms with Gasteiger partial charge in [-0.1, -0.05) is 26.0 Å². The Morgan fingerprint density at radius 2 is 2.12 bits per heavy atom. The monoisotopic (exact) mass is 354 g/mol. The van der Waals surface area contributed by atoms with Crippen LogP contribution >= 0.6 is 0 Å². The Morgan fingerprint density at radius 3 is 2.77 bits per heavy atom. The van der Waals surface area contributed by atoms with Gasteiger partial charge in [0.2, 0.25) is 0 Å². The SMILES string of the molecule is CCc1nn(C)c(NC(=O)c2cccc(CN3CCC[C@@H]3C)c2)c1CC. The zero-order valence-corrected chi connectivity index (χ0v) is 16.4. The number of aromatic nitrogens is 2. The molecule has 1 aliphatic rings. The van der Waals surface area contributed by atoms with E-state index in [1.807, 2.05) is 25.2 Å². The smallest absolute Gasteiger partial charge is 0.256 e. The summed E-state index contributed by atoms with van der Waals surface area (Å²) in [6.45, 7) is 8.53. The molecule has 5 heteroatoms. The molecule has 1 N–H and O–H groups in total. The van der Waals surface area contributed by atoms with Crippen molar-refractivity contribution in [2.75, 3.05) is 11.9 Å². The van der Waals surface area contributed by atoms with Crippen LogP contribution in [0.15, 0.2) is 24.3 Å². The summed E-state index contributed by atoms with van der Waals surface area (Å²) >= 11 is 0. The van der Waals surface area contributed by atoms with E-state index in [4.69, 9.17) is 0 Å². The second kappa shape index (κ2) is 8.04. The van der Waals surface area contributed by atoms with Gasteiger partial charge in [-0.3, -0.25) is 14.4 Å². The summed E-state index contributed by atoms with van der Waals surface area (Å²) in [5.41, 5.74) is 4.09. The largest absolute Gasteiger partial charge is 0.307 e. The first-order valence-electron chi connectivity index (χ1n) is 9.72. The number of carbonyl (C=O) groups is 1. The number of nitrogens with one attached hydrogen (secondary N) is 1. The van der Waals surface area contributed by atoms with Crippen LogP contribution in [0, 0.1) is 0 Å². The van der Waals surface area contributed by atoms with Crippen molar-refractivity contribution in [3.8, 4) is 0 Å². The van der Waals surface area contributed by atoms with Crippen LogP contribution in [0.3, 0.4) is 0 Å². The molecule has 1 aromatic carbocycles. The lowest BCUT2D eigenvalue weighted by Crippen LogP contribution is -2.26. The van der Waals surface area contributed by atoms with Crippen LogP contribution in [-0.4, -0.2) is 33.2 Å². The third-order valence-corrected chi connectivity index (χ3v) is 5.41. The van der Waals surface area contributed by atoms with E-state index < -0.39 is 0 Å². The molecule has 1 aromatic heterocycles. The van der Waals surface area contributed by atoms with Gasteiger partial charge in [-0.15, -0.1) is 0 Å². The Hall–Kier alpha value is -2.14. The molecule has 0 radical (unpaired) electrons. The number of amides is 1. The lowest BCUT2D eigenvalue weighted by atomic mass is 10.1. The standard InChI is InChI=1S/C21H30N4O/c1-5-18-19(6-2)23-24(4)20(18)22-21(26)17-11-7-10-16(13-17)14-25-12-8-9-15(25)3/h7,10-11,13,15H,5-6,8-9,12,14H2,1-4H3,(H,22,26)/t15-/m0/s1. The zero-order chi connectivity index (χ0) is 18.7. The van der Waals surface area contributed by atoms with Crippen LogP contribution in [0.5, 0.6) is 0 Å². The van der Waals surface area contributed by atoms with E-state index in [-0.39, 0.29) is 5.91 Å². The van der Waals surface area contributed by atoms with Crippen LogP contribution in [0.1, 0.15) is 60.8 Å². The van der Waals surface area contributed by atoms with Crippen LogP contribution in [0.2, 0.25) is 0 Å². The minimum absolute atomic E-state index is 0.0679. The van der Waals surface area contributed by atoms with Gasteiger partial charge in [-0.2, -0.15) is 5.10 Å². The first-order chi connectivity index (χ1) is 12.5. The molecule has 0 aliphatic carbocycles. The van der Waals surface area contributed by atoms with E-state index in [0.29, 0.717) is 11.6 Å². The molecule has 140 valence electrons. The van der Waals surface area contributed by atoms with Crippen molar-refractivity contribution in [1.29, 1.82) is 0 Å². The van der Waals surface area contributed by atoms with Gasteiger partial charge in [-0.05, 0) is 56.8 Å². The van der Waals surface area contributed by atoms with Crippen LogP contribution in [0.4, 0.5) is 5.82 Å². The van der Waals surface area contributed by atoms with Crippen molar-refractivity contribution in [1.82, 2.24) is 14.7 Å². The molecule has 26 heavy (non-hydrogen) atoms. The number of rotatable bonds is 6. The maximum Gasteiger partial charge on any atom is 0.256 e. The van der Waals surface area contributed by atoms with Crippen LogP contribution in [0.25, 0.3) is 0 Å². The molecule has 1 amide bonds. The van der Waals surface area contributed by atoms with E-state index >= 15 is 0 Å². The molecule has 1 aliphatic heterocycles. The predicted molar refractivity (Wildman–Crippen MR) is 105 cm³/mol. The second-order valence-corrected chi connectivity index (χ2v) is 7.22. The first kappa shape index (κ1) is 18.6. The van der Waals surface area contributed by atoms with Crippen molar-refractivity contribution in [3.05, 3.63) is 46.6 Å². The summed E-state index contributed by atoms with van der Waals surface area (Å²) in [5.74, 6) is 0.745. The van der Waals surface area contributed by atoms with Gasteiger partial charge >= 0.3 is 0 Å². The molecule has 2 aromatic rings. The fourth-order valence-corrected chi connectivity index (χ4v) is 3.89. The summed E-state index contributed by atoms with van der Waals surface area (Å²) < 4.78 is 1.78. The van der Waals surface area contributed by atoms with Crippen molar-refractivity contribution in [3.63, 3.8) is 0 Å². The van der Waals surface area contributed by atoms with Crippen molar-refractivity contribution in [2.45, 2.75) is 59.0 Å². The van der Waals surface area contributed by atoms with E-state index in [2.05, 4.69) is 42.2 Å². The highest BCUT2D eigenvalue weighted by Crippen LogP contribution is 2.22. The summed E-state index contributed by atoms with van der Waals surface area (Å²) in [6, 6.07) is 8.62. The minimum atomic E-state index is -0.0679. The van der Waals surface area contributed by atoms with Crippen LogP contribution in [-0.2, 0) is 26.4 Å². The number of carbonyl (C=O) groups excluding carboxylic acids is 1. The van der Waals surface area contributed by atoms with Crippen molar-refractivity contribution >= 4 is 11.7 Å². The maximum atomic E-state index is 12.8. The molecule has 0 spiro atoms. The maximum absolute atomic E-state index is 12.8. The predicted octanol–water partition coefficient (Wildman–Crippen LogP) is 3.78. The van der Waals surface area contributed by atoms with Gasteiger partial charge in [0.25, 0.3) is 5.91 Å². The Balaban J connectivity index is 1.76. The van der Waals surface area contributed by atoms with Gasteiger partial charge in [-0.25, -0.2) is 0 Å². The number of anilines is 1. The Labute approximate surface area is 156 Å². The van der Waals surface area contributed by atoms with Gasteiger partial charge in [0.05, 0.1) is 5.69 Å². The molecular weight excluding hydrogens is 324 g/mol. The summed E-state index contributed by atoms with van der Waals surface area (Å²) in [6.07, 6.45) is 4.26. The molecule has 1 fully saturated rings. The van der Waals surface area contributed by atoms with E-state index in [1.165, 1.54) is 18.4 Å². The van der Waals surface area contributed by atoms with Crippen molar-refractivity contribution in [2.24, 2.45) is 7.05 Å². The van der Waals surface area contributed by atoms with E-state index in [0.717, 1.165) is 43.0 Å². The highest BCUT2D eigenvalue weighted by molar-refractivity contribution is 6.04. The number of likely N-dealkylation sites (tertiary alicyclic amines) is 1. The second-order valence-electron chi connectivity index (χ2n) is 7.22. The Morgan fingerprint density at radius 1 is 1.31 bits per heavy atom. The number of hydrogen-bond acceptors (Lipinski definition) is 3. The van der Waals surface area contributed by atoms with Gasteiger partial charge in [0.1, 0.15) is 5.82 Å². The molecule has 5 nitrogen and oxygen atoms in total. The average molecular weight is 354 g/mol. The van der Waals surface area contributed by atoms with Crippen molar-refractivity contribution < 1.29 is 4.79 Å². The first-order valence-corrected chi connectivity index (χ1v) is 9.72. The molecule has 0 saturated carbocycles. The minimum Gasteiger partial charge on any atom is -0.307 e. The molecule has 0 bridgehead atoms. The van der Waals surface area contributed by atoms with Crippen LogP contribution < -0.4 is 5.32 Å². The number of hydrogen-bond donors (Lipinski definition) is 1. The Bertz CT molecular complexity index is 780. The number of aryl methyl sites for hydroxylation is 2. The summed E-state index contributed by atoms with van der Waals surface area (Å²) in [7, 11) is 1.89. The molecule has 1 atom stereocenters. The van der Waals surface area contributed by atoms with E-state index in [9.17, 15) is 4.79 Å². The fourth-order valence-electron chi connectivity index (χ4n) is 3.89. The molecule has 3 rings (SSSR count). The molecule has 2 heterocycles. The normalized spacial score (nSPS) is 17.6. The van der Waals surface area contributed by atoms with Gasteiger partial charge in [0, 0.05) is 30.8 Å². The zero-order valence-electron chi connectivity index (χ0n) is 16.4. The lowest BCUT2D eigenvalue weighted by molar-refractivity contribution is 0.102. The highest BCUT2D eigenvalue weighted by atomic mass is 16.1. The topological polar surface area (TPSA) is 50.2 Å². The molecular formula is C21H30N4O. The molecule has 1 saturated heterocycles. The van der Waals surface area contributed by atoms with E-state index in [1.54, 1.807) is 4.68 Å². The Kier molecular flexibility index (Phi) is 5.77. The summed E-state index contributed by atoms with van der Waals surface area (Å²) in [5, 5.41) is 7.61. The molecule has 0 unspecified atom stereocenters. The summed E-state index contributed by atoms with van der Waals surface area (Å²) in [4.78, 5) is 15.3.